The third-order valence-corrected chi connectivity index (χ3v) is 3.28. The van der Waals surface area contributed by atoms with Gasteiger partial charge in [-0.1, -0.05) is 17.7 Å². The van der Waals surface area contributed by atoms with Gasteiger partial charge in [0.1, 0.15) is 6.04 Å². The minimum absolute atomic E-state index is 0.189. The highest BCUT2D eigenvalue weighted by Crippen LogP contribution is 2.26. The molecule has 5 nitrogen and oxygen atoms in total. The number of hydrogen-bond donors (Lipinski definition) is 1. The van der Waals surface area contributed by atoms with E-state index in [-0.39, 0.29) is 12.6 Å². The summed E-state index contributed by atoms with van der Waals surface area (Å²) in [6.07, 6.45) is 0. The van der Waals surface area contributed by atoms with E-state index in [4.69, 9.17) is 5.11 Å². The van der Waals surface area contributed by atoms with Gasteiger partial charge in [0, 0.05) is 12.7 Å². The average Bonchev–Trinajstić information content (AvgIpc) is 2.57. The zero-order valence-electron chi connectivity index (χ0n) is 10.7. The van der Waals surface area contributed by atoms with Crippen LogP contribution in [0.15, 0.2) is 18.2 Å². The van der Waals surface area contributed by atoms with E-state index >= 15 is 0 Å². The van der Waals surface area contributed by atoms with Crippen molar-refractivity contribution < 1.29 is 14.7 Å². The lowest BCUT2D eigenvalue weighted by molar-refractivity contribution is -0.140. The van der Waals surface area contributed by atoms with E-state index in [1.165, 1.54) is 16.8 Å². The number of hydrogen-bond acceptors (Lipinski definition) is 2. The molecule has 1 unspecified atom stereocenters. The van der Waals surface area contributed by atoms with Crippen LogP contribution < -0.4 is 4.90 Å². The number of rotatable bonds is 2. The number of amides is 2. The number of carboxylic acid groups (broad SMARTS) is 1. The Labute approximate surface area is 106 Å². The smallest absolute Gasteiger partial charge is 0.328 e. The molecule has 18 heavy (non-hydrogen) atoms. The quantitative estimate of drug-likeness (QED) is 0.865. The highest BCUT2D eigenvalue weighted by Gasteiger charge is 2.40. The zero-order valence-corrected chi connectivity index (χ0v) is 10.7. The van der Waals surface area contributed by atoms with Gasteiger partial charge >= 0.3 is 12.0 Å². The summed E-state index contributed by atoms with van der Waals surface area (Å²) in [5.74, 6) is -0.974. The molecule has 2 rings (SSSR count). The van der Waals surface area contributed by atoms with Gasteiger partial charge < -0.3 is 10.0 Å². The lowest BCUT2D eigenvalue weighted by Crippen LogP contribution is -2.36. The first kappa shape index (κ1) is 12.4. The minimum Gasteiger partial charge on any atom is -0.480 e. The molecule has 1 saturated heterocycles. The molecule has 1 aromatic rings. The molecule has 1 aliphatic heterocycles. The van der Waals surface area contributed by atoms with Crippen LogP contribution in [0.25, 0.3) is 0 Å². The molecule has 96 valence electrons. The molecule has 5 heteroatoms. The van der Waals surface area contributed by atoms with Crippen molar-refractivity contribution >= 4 is 17.7 Å². The molecule has 0 aliphatic carbocycles. The average molecular weight is 248 g/mol. The van der Waals surface area contributed by atoms with Gasteiger partial charge in [-0.3, -0.25) is 4.90 Å². The summed E-state index contributed by atoms with van der Waals surface area (Å²) in [4.78, 5) is 25.9. The Morgan fingerprint density at radius 3 is 2.56 bits per heavy atom. The maximum atomic E-state index is 12.0. The zero-order chi connectivity index (χ0) is 13.4. The van der Waals surface area contributed by atoms with Gasteiger partial charge in [0.25, 0.3) is 0 Å². The highest BCUT2D eigenvalue weighted by molar-refractivity contribution is 5.99. The molecule has 1 aliphatic rings. The predicted molar refractivity (Wildman–Crippen MR) is 67.8 cm³/mol. The molecule has 1 fully saturated rings. The summed E-state index contributed by atoms with van der Waals surface area (Å²) in [6, 6.07) is 4.72. The fourth-order valence-corrected chi connectivity index (χ4v) is 2.25. The Morgan fingerprint density at radius 2 is 2.06 bits per heavy atom. The third kappa shape index (κ3) is 1.92. The molecule has 0 radical (unpaired) electrons. The lowest BCUT2D eigenvalue weighted by Gasteiger charge is -2.18. The van der Waals surface area contributed by atoms with Crippen molar-refractivity contribution in [2.75, 3.05) is 18.5 Å². The summed E-state index contributed by atoms with van der Waals surface area (Å²) in [7, 11) is 1.52. The molecule has 0 saturated carbocycles. The van der Waals surface area contributed by atoms with E-state index in [1.54, 1.807) is 0 Å². The Balaban J connectivity index is 2.35. The number of aryl methyl sites for hydroxylation is 2. The van der Waals surface area contributed by atoms with Crippen molar-refractivity contribution in [3.8, 4) is 0 Å². The number of carboxylic acids is 1. The molecule has 0 aromatic heterocycles. The summed E-state index contributed by atoms with van der Waals surface area (Å²) in [5.41, 5.74) is 2.87. The highest BCUT2D eigenvalue weighted by atomic mass is 16.4. The summed E-state index contributed by atoms with van der Waals surface area (Å²) in [6.45, 7) is 4.09. The second kappa shape index (κ2) is 4.33. The Morgan fingerprint density at radius 1 is 1.39 bits per heavy atom. The Hall–Kier alpha value is -2.04. The van der Waals surface area contributed by atoms with Crippen molar-refractivity contribution in [1.29, 1.82) is 0 Å². The van der Waals surface area contributed by atoms with Gasteiger partial charge in [-0.2, -0.15) is 0 Å². The van der Waals surface area contributed by atoms with Crippen LogP contribution >= 0.6 is 0 Å². The summed E-state index contributed by atoms with van der Waals surface area (Å²) < 4.78 is 0. The van der Waals surface area contributed by atoms with Gasteiger partial charge in [0.2, 0.25) is 0 Å². The van der Waals surface area contributed by atoms with Gasteiger partial charge in [0.15, 0.2) is 0 Å². The van der Waals surface area contributed by atoms with E-state index in [0.717, 1.165) is 16.8 Å². The van der Waals surface area contributed by atoms with E-state index < -0.39 is 12.0 Å². The van der Waals surface area contributed by atoms with Crippen LogP contribution in [-0.4, -0.2) is 41.6 Å². The van der Waals surface area contributed by atoms with Crippen LogP contribution in [0.5, 0.6) is 0 Å². The molecule has 1 N–H and O–H groups in total. The number of nitrogens with zero attached hydrogens (tertiary/aromatic N) is 2. The van der Waals surface area contributed by atoms with Gasteiger partial charge in [-0.05, 0) is 25.5 Å². The predicted octanol–water partition coefficient (Wildman–Crippen LogP) is 1.63. The second-order valence-corrected chi connectivity index (χ2v) is 4.65. The van der Waals surface area contributed by atoms with Crippen LogP contribution in [0.1, 0.15) is 11.1 Å². The van der Waals surface area contributed by atoms with Gasteiger partial charge in [-0.25, -0.2) is 9.59 Å². The van der Waals surface area contributed by atoms with Crippen molar-refractivity contribution in [2.45, 2.75) is 19.9 Å². The van der Waals surface area contributed by atoms with Crippen LogP contribution in [-0.2, 0) is 4.79 Å². The first-order valence-electron chi connectivity index (χ1n) is 5.76. The maximum Gasteiger partial charge on any atom is 0.328 e. The van der Waals surface area contributed by atoms with Crippen molar-refractivity contribution in [1.82, 2.24) is 4.90 Å². The SMILES string of the molecule is Cc1ccc(N2CC(C(=O)O)N(C)C2=O)c(C)c1. The first-order chi connectivity index (χ1) is 8.41. The third-order valence-electron chi connectivity index (χ3n) is 3.28. The van der Waals surface area contributed by atoms with E-state index in [0.29, 0.717) is 0 Å². The number of carbonyl (C=O) groups excluding carboxylic acids is 1. The fraction of sp³-hybridized carbons (Fsp3) is 0.385. The molecule has 1 aromatic carbocycles. The maximum absolute atomic E-state index is 12.0. The molecular weight excluding hydrogens is 232 g/mol. The van der Waals surface area contributed by atoms with Crippen molar-refractivity contribution in [2.24, 2.45) is 0 Å². The normalized spacial score (nSPS) is 19.5. The number of anilines is 1. The standard InChI is InChI=1S/C13H16N2O3/c1-8-4-5-10(9(2)6-8)15-7-11(12(16)17)14(3)13(15)18/h4-6,11H,7H2,1-3H3,(H,16,17). The first-order valence-corrected chi connectivity index (χ1v) is 5.76. The molecule has 0 spiro atoms. The van der Waals surface area contributed by atoms with Crippen LogP contribution in [0.4, 0.5) is 10.5 Å². The second-order valence-electron chi connectivity index (χ2n) is 4.65. The van der Waals surface area contributed by atoms with Crippen molar-refractivity contribution in [3.63, 3.8) is 0 Å². The van der Waals surface area contributed by atoms with Crippen LogP contribution in [0.2, 0.25) is 0 Å². The summed E-state index contributed by atoms with van der Waals surface area (Å²) >= 11 is 0. The fourth-order valence-electron chi connectivity index (χ4n) is 2.25. The number of aliphatic carboxylic acids is 1. The van der Waals surface area contributed by atoms with E-state index in [9.17, 15) is 9.59 Å². The lowest BCUT2D eigenvalue weighted by atomic mass is 10.1. The topological polar surface area (TPSA) is 60.9 Å². The minimum atomic E-state index is -0.974. The molecular formula is C13H16N2O3. The monoisotopic (exact) mass is 248 g/mol. The van der Waals surface area contributed by atoms with Gasteiger partial charge in [0.05, 0.1) is 6.54 Å². The molecule has 2 amide bonds. The van der Waals surface area contributed by atoms with Crippen LogP contribution in [0, 0.1) is 13.8 Å². The number of likely N-dealkylation sites (N-methyl/N-ethyl adjacent to an activating group) is 1. The van der Waals surface area contributed by atoms with Gasteiger partial charge in [-0.15, -0.1) is 0 Å². The largest absolute Gasteiger partial charge is 0.480 e. The van der Waals surface area contributed by atoms with E-state index in [1.807, 2.05) is 32.0 Å². The van der Waals surface area contributed by atoms with Crippen molar-refractivity contribution in [3.05, 3.63) is 29.3 Å². The number of benzene rings is 1. The molecule has 1 heterocycles. The number of carbonyl (C=O) groups is 2. The molecule has 1 atom stereocenters. The molecule has 0 bridgehead atoms. The Bertz CT molecular complexity index is 513. The summed E-state index contributed by atoms with van der Waals surface area (Å²) in [5, 5.41) is 9.06. The number of urea groups is 1. The van der Waals surface area contributed by atoms with Crippen LogP contribution in [0.3, 0.4) is 0 Å². The van der Waals surface area contributed by atoms with E-state index in [2.05, 4.69) is 0 Å². The Kier molecular flexibility index (Phi) is 2.98.